The molecule has 0 aliphatic carbocycles. The van der Waals surface area contributed by atoms with Gasteiger partial charge in [-0.05, 0) is 19.5 Å². The number of carbonyl (C=O) groups is 1. The van der Waals surface area contributed by atoms with Gasteiger partial charge in [0.1, 0.15) is 5.75 Å². The quantitative estimate of drug-likeness (QED) is 0.552. The van der Waals surface area contributed by atoms with Crippen LogP contribution in [0.3, 0.4) is 0 Å². The van der Waals surface area contributed by atoms with E-state index in [0.29, 0.717) is 24.4 Å². The molecule has 0 fully saturated rings. The Balaban J connectivity index is 2.73. The Morgan fingerprint density at radius 1 is 1.45 bits per heavy atom. The summed E-state index contributed by atoms with van der Waals surface area (Å²) in [6.45, 7) is 2.89. The molecule has 0 saturated carbocycles. The normalized spacial score (nSPS) is 10.1. The van der Waals surface area contributed by atoms with E-state index in [9.17, 15) is 14.9 Å². The molecule has 1 rings (SSSR count). The van der Waals surface area contributed by atoms with E-state index in [2.05, 4.69) is 10.6 Å². The van der Waals surface area contributed by atoms with Crippen molar-refractivity contribution in [2.24, 2.45) is 0 Å². The number of hydrogen-bond donors (Lipinski definition) is 2. The number of rotatable bonds is 8. The van der Waals surface area contributed by atoms with Crippen LogP contribution in [0.15, 0.2) is 18.2 Å². The first-order valence-electron chi connectivity index (χ1n) is 6.40. The van der Waals surface area contributed by atoms with E-state index >= 15 is 0 Å². The third kappa shape index (κ3) is 4.85. The van der Waals surface area contributed by atoms with Gasteiger partial charge in [-0.2, -0.15) is 0 Å². The van der Waals surface area contributed by atoms with Crippen molar-refractivity contribution in [1.29, 1.82) is 0 Å². The molecule has 7 heteroatoms. The Morgan fingerprint density at radius 2 is 2.20 bits per heavy atom. The summed E-state index contributed by atoms with van der Waals surface area (Å²) >= 11 is 0. The van der Waals surface area contributed by atoms with Crippen molar-refractivity contribution in [1.82, 2.24) is 10.6 Å². The highest BCUT2D eigenvalue weighted by Crippen LogP contribution is 2.24. The molecule has 0 aliphatic rings. The van der Waals surface area contributed by atoms with Crippen molar-refractivity contribution in [2.45, 2.75) is 19.9 Å². The summed E-state index contributed by atoms with van der Waals surface area (Å²) < 4.78 is 5.41. The summed E-state index contributed by atoms with van der Waals surface area (Å²) in [5.74, 6) is 0.261. The van der Waals surface area contributed by atoms with Gasteiger partial charge in [-0.3, -0.25) is 14.9 Å². The summed E-state index contributed by atoms with van der Waals surface area (Å²) in [5, 5.41) is 16.3. The number of amides is 1. The van der Waals surface area contributed by atoms with Gasteiger partial charge in [-0.25, -0.2) is 0 Å². The number of nitrogens with zero attached hydrogens (tertiary/aromatic N) is 1. The van der Waals surface area contributed by atoms with Crippen LogP contribution in [-0.2, 0) is 11.3 Å². The van der Waals surface area contributed by atoms with E-state index in [-0.39, 0.29) is 18.2 Å². The second-order valence-corrected chi connectivity index (χ2v) is 4.22. The van der Waals surface area contributed by atoms with E-state index < -0.39 is 4.92 Å². The van der Waals surface area contributed by atoms with E-state index in [4.69, 9.17) is 4.74 Å². The molecule has 0 unspecified atom stereocenters. The molecule has 0 bridgehead atoms. The van der Waals surface area contributed by atoms with E-state index in [0.717, 1.165) is 6.42 Å². The monoisotopic (exact) mass is 281 g/mol. The van der Waals surface area contributed by atoms with E-state index in [1.165, 1.54) is 18.2 Å². The predicted octanol–water partition coefficient (Wildman–Crippen LogP) is 1.22. The maximum Gasteiger partial charge on any atom is 0.270 e. The molecule has 2 N–H and O–H groups in total. The number of carbonyl (C=O) groups excluding carboxylic acids is 1. The molecule has 0 saturated heterocycles. The summed E-state index contributed by atoms with van der Waals surface area (Å²) in [6, 6.07) is 4.31. The van der Waals surface area contributed by atoms with Crippen LogP contribution in [0.2, 0.25) is 0 Å². The van der Waals surface area contributed by atoms with Crippen molar-refractivity contribution in [3.63, 3.8) is 0 Å². The molecular weight excluding hydrogens is 262 g/mol. The molecule has 20 heavy (non-hydrogen) atoms. The number of nitro groups is 1. The molecule has 1 aromatic rings. The number of ether oxygens (including phenoxy) is 1. The van der Waals surface area contributed by atoms with Gasteiger partial charge >= 0.3 is 0 Å². The van der Waals surface area contributed by atoms with Crippen LogP contribution in [0.1, 0.15) is 18.9 Å². The lowest BCUT2D eigenvalue weighted by atomic mass is 10.2. The van der Waals surface area contributed by atoms with Gasteiger partial charge in [0.2, 0.25) is 0 Å². The molecule has 0 aliphatic heterocycles. The van der Waals surface area contributed by atoms with Gasteiger partial charge in [0.15, 0.2) is 6.61 Å². The molecule has 1 aromatic carbocycles. The minimum Gasteiger partial charge on any atom is -0.483 e. The Morgan fingerprint density at radius 3 is 2.80 bits per heavy atom. The van der Waals surface area contributed by atoms with Gasteiger partial charge in [0.25, 0.3) is 11.6 Å². The number of nitrogens with one attached hydrogen (secondary N) is 2. The molecule has 7 nitrogen and oxygen atoms in total. The molecule has 0 aromatic heterocycles. The third-order valence-electron chi connectivity index (χ3n) is 2.55. The Hall–Kier alpha value is -2.15. The Kier molecular flexibility index (Phi) is 6.45. The Bertz CT molecular complexity index is 477. The maximum absolute atomic E-state index is 11.5. The zero-order valence-electron chi connectivity index (χ0n) is 11.6. The first kappa shape index (κ1) is 15.9. The van der Waals surface area contributed by atoms with Crippen molar-refractivity contribution in [2.75, 3.05) is 20.2 Å². The third-order valence-corrected chi connectivity index (χ3v) is 2.55. The fourth-order valence-corrected chi connectivity index (χ4v) is 1.61. The standard InChI is InChI=1S/C13H19N3O4/c1-3-6-15-13(17)9-20-12-5-4-11(16(18)19)7-10(12)8-14-2/h4-5,7,14H,3,6,8-9H2,1-2H3,(H,15,17). The average Bonchev–Trinajstić information content (AvgIpc) is 2.43. The fraction of sp³-hybridized carbons (Fsp3) is 0.462. The number of nitro benzene ring substituents is 1. The van der Waals surface area contributed by atoms with Crippen LogP contribution in [0.5, 0.6) is 5.75 Å². The molecule has 0 atom stereocenters. The first-order valence-corrected chi connectivity index (χ1v) is 6.40. The van der Waals surface area contributed by atoms with Crippen LogP contribution in [0.25, 0.3) is 0 Å². The van der Waals surface area contributed by atoms with Crippen LogP contribution >= 0.6 is 0 Å². The van der Waals surface area contributed by atoms with Crippen molar-refractivity contribution >= 4 is 11.6 Å². The van der Waals surface area contributed by atoms with Gasteiger partial charge in [0, 0.05) is 30.8 Å². The van der Waals surface area contributed by atoms with Gasteiger partial charge < -0.3 is 15.4 Å². The average molecular weight is 281 g/mol. The summed E-state index contributed by atoms with van der Waals surface area (Å²) in [7, 11) is 1.73. The highest BCUT2D eigenvalue weighted by molar-refractivity contribution is 5.77. The minimum atomic E-state index is -0.461. The molecule has 0 heterocycles. The Labute approximate surface area is 117 Å². The van der Waals surface area contributed by atoms with Gasteiger partial charge in [-0.15, -0.1) is 0 Å². The smallest absolute Gasteiger partial charge is 0.270 e. The lowest BCUT2D eigenvalue weighted by Gasteiger charge is -2.11. The largest absolute Gasteiger partial charge is 0.483 e. The van der Waals surface area contributed by atoms with Crippen LogP contribution in [-0.4, -0.2) is 31.0 Å². The number of benzene rings is 1. The van der Waals surface area contributed by atoms with Gasteiger partial charge in [0.05, 0.1) is 4.92 Å². The molecule has 110 valence electrons. The summed E-state index contributed by atoms with van der Waals surface area (Å²) in [5.41, 5.74) is 0.642. The molecule has 1 amide bonds. The second kappa shape index (κ2) is 8.11. The van der Waals surface area contributed by atoms with E-state index in [1.54, 1.807) is 7.05 Å². The minimum absolute atomic E-state index is 0.00182. The topological polar surface area (TPSA) is 93.5 Å². The van der Waals surface area contributed by atoms with Crippen molar-refractivity contribution in [3.05, 3.63) is 33.9 Å². The predicted molar refractivity (Wildman–Crippen MR) is 74.7 cm³/mol. The number of hydrogen-bond acceptors (Lipinski definition) is 5. The summed E-state index contributed by atoms with van der Waals surface area (Å²) in [4.78, 5) is 21.7. The lowest BCUT2D eigenvalue weighted by Crippen LogP contribution is -2.29. The number of non-ortho nitro benzene ring substituents is 1. The summed E-state index contributed by atoms with van der Waals surface area (Å²) in [6.07, 6.45) is 0.855. The highest BCUT2D eigenvalue weighted by Gasteiger charge is 2.12. The lowest BCUT2D eigenvalue weighted by molar-refractivity contribution is -0.384. The molecule has 0 radical (unpaired) electrons. The first-order chi connectivity index (χ1) is 9.58. The molecule has 0 spiro atoms. The second-order valence-electron chi connectivity index (χ2n) is 4.22. The van der Waals surface area contributed by atoms with E-state index in [1.807, 2.05) is 6.92 Å². The van der Waals surface area contributed by atoms with Crippen molar-refractivity contribution < 1.29 is 14.5 Å². The van der Waals surface area contributed by atoms with Gasteiger partial charge in [-0.1, -0.05) is 6.92 Å². The zero-order chi connectivity index (χ0) is 15.0. The van der Waals surface area contributed by atoms with Crippen LogP contribution < -0.4 is 15.4 Å². The van der Waals surface area contributed by atoms with Crippen LogP contribution in [0, 0.1) is 10.1 Å². The van der Waals surface area contributed by atoms with Crippen molar-refractivity contribution in [3.8, 4) is 5.75 Å². The highest BCUT2D eigenvalue weighted by atomic mass is 16.6. The maximum atomic E-state index is 11.5. The zero-order valence-corrected chi connectivity index (χ0v) is 11.6. The molecular formula is C13H19N3O4. The van der Waals surface area contributed by atoms with Crippen LogP contribution in [0.4, 0.5) is 5.69 Å². The SMILES string of the molecule is CCCNC(=O)COc1ccc([N+](=O)[O-])cc1CNC. The fourth-order valence-electron chi connectivity index (χ4n) is 1.61.